The van der Waals surface area contributed by atoms with E-state index in [1.54, 1.807) is 6.92 Å². The molecule has 2 rings (SSSR count). The number of halogens is 3. The lowest BCUT2D eigenvalue weighted by molar-refractivity contribution is -0.164. The summed E-state index contributed by atoms with van der Waals surface area (Å²) in [7, 11) is 0. The Kier molecular flexibility index (Phi) is 8.23. The highest BCUT2D eigenvalue weighted by Crippen LogP contribution is 2.36. The second kappa shape index (κ2) is 10.4. The molecule has 196 valence electrons. The Morgan fingerprint density at radius 1 is 1.08 bits per heavy atom. The molecule has 7 N–H and O–H groups in total. The van der Waals surface area contributed by atoms with E-state index < -0.39 is 41.7 Å². The molecule has 0 fully saturated rings. The van der Waals surface area contributed by atoms with Gasteiger partial charge in [-0.15, -0.1) is 0 Å². The number of primary amides is 1. The Morgan fingerprint density at radius 3 is 2.11 bits per heavy atom. The Morgan fingerprint density at radius 2 is 1.64 bits per heavy atom. The third-order valence-electron chi connectivity index (χ3n) is 5.41. The Hall–Kier alpha value is -3.83. The quantitative estimate of drug-likeness (QED) is 0.420. The van der Waals surface area contributed by atoms with E-state index in [0.717, 1.165) is 6.92 Å². The van der Waals surface area contributed by atoms with Gasteiger partial charge >= 0.3 is 6.18 Å². The number of nitrogens with two attached hydrogens (primary N) is 3. The highest BCUT2D eigenvalue weighted by atomic mass is 19.4. The van der Waals surface area contributed by atoms with E-state index >= 15 is 0 Å². The van der Waals surface area contributed by atoms with Gasteiger partial charge in [0.05, 0.1) is 5.92 Å². The molecule has 2 aromatic rings. The van der Waals surface area contributed by atoms with E-state index in [0.29, 0.717) is 22.4 Å². The van der Waals surface area contributed by atoms with Gasteiger partial charge in [0.25, 0.3) is 11.8 Å². The molecule has 0 aliphatic heterocycles. The molecule has 0 aliphatic rings. The van der Waals surface area contributed by atoms with E-state index in [1.165, 1.54) is 30.3 Å². The van der Waals surface area contributed by atoms with Crippen LogP contribution in [0.15, 0.2) is 36.0 Å². The SMILES string of the molecule is CC(C(=O)NC(=O)C=C(N)CC(C)(C)C)c1ccc(-c2nn(C(C)C(F)(F)F)c(N)c2C(N)=O)cc1. The number of carbonyl (C=O) groups is 3. The number of nitrogens with one attached hydrogen (secondary N) is 1. The van der Waals surface area contributed by atoms with E-state index in [2.05, 4.69) is 10.4 Å². The van der Waals surface area contributed by atoms with E-state index in [1.807, 2.05) is 20.8 Å². The fourth-order valence-corrected chi connectivity index (χ4v) is 3.50. The maximum atomic E-state index is 13.2. The number of carbonyl (C=O) groups excluding carboxylic acids is 3. The number of hydrogen-bond acceptors (Lipinski definition) is 6. The van der Waals surface area contributed by atoms with Crippen LogP contribution in [0.25, 0.3) is 11.3 Å². The minimum atomic E-state index is -4.65. The number of anilines is 1. The summed E-state index contributed by atoms with van der Waals surface area (Å²) >= 11 is 0. The topological polar surface area (TPSA) is 159 Å². The van der Waals surface area contributed by atoms with Gasteiger partial charge in [-0.3, -0.25) is 19.7 Å². The molecular weight excluding hydrogens is 477 g/mol. The van der Waals surface area contributed by atoms with Gasteiger partial charge in [0, 0.05) is 17.3 Å². The van der Waals surface area contributed by atoms with Gasteiger partial charge in [-0.25, -0.2) is 4.68 Å². The highest BCUT2D eigenvalue weighted by molar-refractivity contribution is 6.04. The molecule has 9 nitrogen and oxygen atoms in total. The van der Waals surface area contributed by atoms with Crippen LogP contribution in [0.1, 0.15) is 68.9 Å². The minimum Gasteiger partial charge on any atom is -0.402 e. The van der Waals surface area contributed by atoms with Gasteiger partial charge in [0.15, 0.2) is 0 Å². The molecule has 0 saturated heterocycles. The summed E-state index contributed by atoms with van der Waals surface area (Å²) in [6.07, 6.45) is -3.00. The summed E-state index contributed by atoms with van der Waals surface area (Å²) < 4.78 is 40.1. The van der Waals surface area contributed by atoms with Crippen molar-refractivity contribution in [3.63, 3.8) is 0 Å². The predicted molar refractivity (Wildman–Crippen MR) is 129 cm³/mol. The fraction of sp³-hybridized carbons (Fsp3) is 0.417. The van der Waals surface area contributed by atoms with Crippen molar-refractivity contribution >= 4 is 23.5 Å². The van der Waals surface area contributed by atoms with Gasteiger partial charge < -0.3 is 17.2 Å². The van der Waals surface area contributed by atoms with Gasteiger partial charge in [0.2, 0.25) is 5.91 Å². The van der Waals surface area contributed by atoms with Crippen molar-refractivity contribution in [2.75, 3.05) is 5.73 Å². The summed E-state index contributed by atoms with van der Waals surface area (Å²) in [5.74, 6) is -3.49. The molecule has 12 heteroatoms. The minimum absolute atomic E-state index is 0.116. The zero-order chi connectivity index (χ0) is 27.6. The number of imide groups is 1. The first-order chi connectivity index (χ1) is 16.4. The van der Waals surface area contributed by atoms with Crippen LogP contribution in [0.3, 0.4) is 0 Å². The van der Waals surface area contributed by atoms with Crippen molar-refractivity contribution in [1.82, 2.24) is 15.1 Å². The first-order valence-corrected chi connectivity index (χ1v) is 11.1. The highest BCUT2D eigenvalue weighted by Gasteiger charge is 2.40. The molecule has 3 amide bonds. The van der Waals surface area contributed by atoms with Crippen LogP contribution >= 0.6 is 0 Å². The molecular formula is C24H31F3N6O3. The van der Waals surface area contributed by atoms with Crippen molar-refractivity contribution in [3.8, 4) is 11.3 Å². The van der Waals surface area contributed by atoms with Gasteiger partial charge in [0.1, 0.15) is 23.1 Å². The summed E-state index contributed by atoms with van der Waals surface area (Å²) in [5, 5.41) is 6.17. The lowest BCUT2D eigenvalue weighted by Gasteiger charge is -2.18. The zero-order valence-corrected chi connectivity index (χ0v) is 20.7. The average Bonchev–Trinajstić information content (AvgIpc) is 3.07. The van der Waals surface area contributed by atoms with Crippen molar-refractivity contribution < 1.29 is 27.6 Å². The molecule has 0 bridgehead atoms. The first kappa shape index (κ1) is 28.4. The fourth-order valence-electron chi connectivity index (χ4n) is 3.50. The molecule has 2 unspecified atom stereocenters. The summed E-state index contributed by atoms with van der Waals surface area (Å²) in [6.45, 7) is 8.32. The van der Waals surface area contributed by atoms with E-state index in [9.17, 15) is 27.6 Å². The predicted octanol–water partition coefficient (Wildman–Crippen LogP) is 3.38. The number of amides is 3. The number of allylic oxidation sites excluding steroid dienone is 1. The van der Waals surface area contributed by atoms with Crippen LogP contribution < -0.4 is 22.5 Å². The molecule has 1 heterocycles. The molecule has 0 spiro atoms. The van der Waals surface area contributed by atoms with Gasteiger partial charge in [-0.2, -0.15) is 18.3 Å². The monoisotopic (exact) mass is 508 g/mol. The molecule has 0 aliphatic carbocycles. The van der Waals surface area contributed by atoms with Crippen LogP contribution in [0.5, 0.6) is 0 Å². The molecule has 2 atom stereocenters. The first-order valence-electron chi connectivity index (χ1n) is 11.1. The maximum Gasteiger partial charge on any atom is 0.410 e. The molecule has 1 aromatic carbocycles. The third kappa shape index (κ3) is 6.86. The van der Waals surface area contributed by atoms with Crippen LogP contribution in [-0.2, 0) is 9.59 Å². The summed E-state index contributed by atoms with van der Waals surface area (Å²) in [5.41, 5.74) is 17.5. The third-order valence-corrected chi connectivity index (χ3v) is 5.41. The Bertz CT molecular complexity index is 1180. The molecule has 0 radical (unpaired) electrons. The number of rotatable bonds is 7. The second-order valence-corrected chi connectivity index (χ2v) is 9.79. The van der Waals surface area contributed by atoms with E-state index in [4.69, 9.17) is 17.2 Å². The average molecular weight is 509 g/mol. The lowest BCUT2D eigenvalue weighted by atomic mass is 9.90. The Labute approximate surface area is 206 Å². The van der Waals surface area contributed by atoms with Crippen LogP contribution in [0.2, 0.25) is 0 Å². The summed E-state index contributed by atoms with van der Waals surface area (Å²) in [6, 6.07) is 3.91. The zero-order valence-electron chi connectivity index (χ0n) is 20.7. The van der Waals surface area contributed by atoms with Crippen molar-refractivity contribution in [3.05, 3.63) is 47.2 Å². The normalized spacial score (nSPS) is 14.3. The van der Waals surface area contributed by atoms with Crippen LogP contribution in [-0.4, -0.2) is 33.7 Å². The lowest BCUT2D eigenvalue weighted by Crippen LogP contribution is -2.33. The summed E-state index contributed by atoms with van der Waals surface area (Å²) in [4.78, 5) is 36.6. The molecule has 36 heavy (non-hydrogen) atoms. The largest absolute Gasteiger partial charge is 0.410 e. The van der Waals surface area contributed by atoms with E-state index in [-0.39, 0.29) is 22.2 Å². The standard InChI is InChI=1S/C24H31F3N6O3/c1-12(22(36)31-17(34)10-16(28)11-23(3,4)5)14-6-8-15(9-7-14)19-18(21(30)35)20(29)33(32-19)13(2)24(25,26)27/h6-10,12-13H,11,28-29H2,1-5H3,(H2,30,35)(H,31,34,36). The number of nitrogen functional groups attached to an aromatic ring is 1. The maximum absolute atomic E-state index is 13.2. The van der Waals surface area contributed by atoms with Crippen molar-refractivity contribution in [2.45, 2.75) is 59.2 Å². The number of aromatic nitrogens is 2. The molecule has 0 saturated carbocycles. The molecule has 1 aromatic heterocycles. The Balaban J connectivity index is 2.26. The number of benzene rings is 1. The van der Waals surface area contributed by atoms with Crippen molar-refractivity contribution in [2.24, 2.45) is 16.9 Å². The smallest absolute Gasteiger partial charge is 0.402 e. The second-order valence-electron chi connectivity index (χ2n) is 9.79. The van der Waals surface area contributed by atoms with Gasteiger partial charge in [-0.05, 0) is 31.2 Å². The number of hydrogen-bond donors (Lipinski definition) is 4. The van der Waals surface area contributed by atoms with Crippen LogP contribution in [0.4, 0.5) is 19.0 Å². The van der Waals surface area contributed by atoms with Crippen molar-refractivity contribution in [1.29, 1.82) is 0 Å². The number of nitrogens with zero attached hydrogens (tertiary/aromatic N) is 2. The van der Waals surface area contributed by atoms with Crippen LogP contribution in [0, 0.1) is 5.41 Å². The van der Waals surface area contributed by atoms with Gasteiger partial charge in [-0.1, -0.05) is 45.0 Å². The number of alkyl halides is 3.